The van der Waals surface area contributed by atoms with Crippen LogP contribution in [-0.2, 0) is 14.3 Å². The highest BCUT2D eigenvalue weighted by molar-refractivity contribution is 5.93. The molecule has 1 N–H and O–H groups in total. The predicted octanol–water partition coefficient (Wildman–Crippen LogP) is 0.909. The Morgan fingerprint density at radius 3 is 2.63 bits per heavy atom. The molecule has 6 nitrogen and oxygen atoms in total. The molecule has 0 atom stereocenters. The summed E-state index contributed by atoms with van der Waals surface area (Å²) in [6, 6.07) is 9.13. The van der Waals surface area contributed by atoms with Gasteiger partial charge in [-0.2, -0.15) is 0 Å². The lowest BCUT2D eigenvalue weighted by Gasteiger charge is -2.17. The van der Waals surface area contributed by atoms with Gasteiger partial charge in [-0.25, -0.2) is 15.2 Å². The first-order chi connectivity index (χ1) is 9.17. The lowest BCUT2D eigenvalue weighted by molar-refractivity contribution is -0.127. The van der Waals surface area contributed by atoms with E-state index in [2.05, 4.69) is 10.2 Å². The van der Waals surface area contributed by atoms with Gasteiger partial charge in [-0.1, -0.05) is 30.3 Å². The number of methoxy groups -OCH3 is 1. The van der Waals surface area contributed by atoms with Crippen LogP contribution in [0.3, 0.4) is 0 Å². The average molecular weight is 261 g/mol. The van der Waals surface area contributed by atoms with Gasteiger partial charge in [-0.05, 0) is 11.6 Å². The molecule has 0 aliphatic rings. The Morgan fingerprint density at radius 2 is 2.05 bits per heavy atom. The van der Waals surface area contributed by atoms with Crippen LogP contribution in [0.15, 0.2) is 36.4 Å². The summed E-state index contributed by atoms with van der Waals surface area (Å²) >= 11 is 0. The molecule has 1 aromatic rings. The van der Waals surface area contributed by atoms with E-state index in [4.69, 9.17) is 0 Å². The second-order valence-corrected chi connectivity index (χ2v) is 3.42. The molecule has 0 heterocycles. The summed E-state index contributed by atoms with van der Waals surface area (Å²) in [5.74, 6) is -0.558. The standard InChI is InChI=1S/C13H13N2O4/c1-19-13(18)14-15(9-10-16)12(17)8-7-11-5-3-2-4-6-11/h2-8H,9H2,1H3,(H,14,18). The Bertz CT molecular complexity index is 471. The number of hydrogen-bond acceptors (Lipinski definition) is 4. The summed E-state index contributed by atoms with van der Waals surface area (Å²) in [7, 11) is 1.16. The van der Waals surface area contributed by atoms with E-state index in [1.165, 1.54) is 12.4 Å². The molecule has 2 amide bonds. The SMILES string of the molecule is COC(=O)NN(C[C]=O)C(=O)C=Cc1ccccc1. The third-order valence-electron chi connectivity index (χ3n) is 2.12. The molecule has 1 radical (unpaired) electrons. The molecule has 0 aromatic heterocycles. The molecule has 0 unspecified atom stereocenters. The summed E-state index contributed by atoms with van der Waals surface area (Å²) in [4.78, 5) is 33.1. The van der Waals surface area contributed by atoms with Gasteiger partial charge in [0.25, 0.3) is 5.91 Å². The van der Waals surface area contributed by atoms with E-state index in [0.717, 1.165) is 17.7 Å². The van der Waals surface area contributed by atoms with E-state index < -0.39 is 12.0 Å². The van der Waals surface area contributed by atoms with Gasteiger partial charge < -0.3 is 4.74 Å². The molecular weight excluding hydrogens is 248 g/mol. The molecule has 99 valence electrons. The molecule has 0 saturated carbocycles. The molecule has 0 aliphatic carbocycles. The molecule has 6 heteroatoms. The van der Waals surface area contributed by atoms with Gasteiger partial charge >= 0.3 is 6.09 Å². The quantitative estimate of drug-likeness (QED) is 0.645. The van der Waals surface area contributed by atoms with Crippen molar-refractivity contribution in [3.05, 3.63) is 42.0 Å². The lowest BCUT2D eigenvalue weighted by atomic mass is 10.2. The summed E-state index contributed by atoms with van der Waals surface area (Å²) in [5.41, 5.74) is 2.94. The number of nitrogens with one attached hydrogen (secondary N) is 1. The van der Waals surface area contributed by atoms with Crippen LogP contribution in [0.4, 0.5) is 4.79 Å². The molecule has 1 rings (SSSR count). The summed E-state index contributed by atoms with van der Waals surface area (Å²) in [6.45, 7) is -0.382. The van der Waals surface area contributed by atoms with Crippen LogP contribution in [0.25, 0.3) is 6.08 Å². The number of carbonyl (C=O) groups excluding carboxylic acids is 3. The number of benzene rings is 1. The van der Waals surface area contributed by atoms with Gasteiger partial charge in [0, 0.05) is 6.08 Å². The normalized spacial score (nSPS) is 9.95. The Morgan fingerprint density at radius 1 is 1.37 bits per heavy atom. The Hall–Kier alpha value is -2.63. The number of carbonyl (C=O) groups is 2. The van der Waals surface area contributed by atoms with E-state index >= 15 is 0 Å². The maximum atomic E-state index is 11.7. The zero-order chi connectivity index (χ0) is 14.1. The second-order valence-electron chi connectivity index (χ2n) is 3.42. The highest BCUT2D eigenvalue weighted by atomic mass is 16.5. The predicted molar refractivity (Wildman–Crippen MR) is 68.4 cm³/mol. The van der Waals surface area contributed by atoms with Crippen molar-refractivity contribution >= 4 is 24.4 Å². The third-order valence-corrected chi connectivity index (χ3v) is 2.12. The van der Waals surface area contributed by atoms with E-state index in [0.29, 0.717) is 0 Å². The molecule has 19 heavy (non-hydrogen) atoms. The van der Waals surface area contributed by atoms with E-state index in [1.54, 1.807) is 6.08 Å². The number of ether oxygens (including phenoxy) is 1. The van der Waals surface area contributed by atoms with Gasteiger partial charge in [0.05, 0.1) is 7.11 Å². The lowest BCUT2D eigenvalue weighted by Crippen LogP contribution is -2.46. The fourth-order valence-electron chi connectivity index (χ4n) is 1.21. The average Bonchev–Trinajstić information content (AvgIpc) is 2.45. The summed E-state index contributed by atoms with van der Waals surface area (Å²) < 4.78 is 4.34. The Labute approximate surface area is 110 Å². The molecule has 0 bridgehead atoms. The highest BCUT2D eigenvalue weighted by Gasteiger charge is 2.13. The summed E-state index contributed by atoms with van der Waals surface area (Å²) in [5, 5.41) is 0.804. The first-order valence-corrected chi connectivity index (χ1v) is 5.41. The number of nitrogens with zero attached hydrogens (tertiary/aromatic N) is 1. The molecule has 0 aliphatic heterocycles. The molecular formula is C13H13N2O4. The van der Waals surface area contributed by atoms with E-state index in [9.17, 15) is 14.4 Å². The van der Waals surface area contributed by atoms with Gasteiger partial charge in [0.2, 0.25) is 6.29 Å². The zero-order valence-electron chi connectivity index (χ0n) is 10.3. The van der Waals surface area contributed by atoms with Crippen molar-refractivity contribution in [3.63, 3.8) is 0 Å². The van der Waals surface area contributed by atoms with Crippen molar-refractivity contribution in [1.82, 2.24) is 10.4 Å². The Kier molecular flexibility index (Phi) is 5.81. The fourth-order valence-corrected chi connectivity index (χ4v) is 1.21. The number of amides is 2. The molecule has 0 saturated heterocycles. The van der Waals surface area contributed by atoms with Crippen molar-refractivity contribution in [1.29, 1.82) is 0 Å². The van der Waals surface area contributed by atoms with Crippen LogP contribution in [0, 0.1) is 0 Å². The van der Waals surface area contributed by atoms with Crippen molar-refractivity contribution in [3.8, 4) is 0 Å². The maximum absolute atomic E-state index is 11.7. The van der Waals surface area contributed by atoms with Crippen molar-refractivity contribution < 1.29 is 19.1 Å². The minimum absolute atomic E-state index is 0.382. The smallest absolute Gasteiger partial charge is 0.425 e. The monoisotopic (exact) mass is 261 g/mol. The van der Waals surface area contributed by atoms with Crippen LogP contribution < -0.4 is 5.43 Å². The zero-order valence-corrected chi connectivity index (χ0v) is 10.3. The van der Waals surface area contributed by atoms with Gasteiger partial charge in [0.1, 0.15) is 6.54 Å². The minimum atomic E-state index is -0.836. The van der Waals surface area contributed by atoms with Crippen molar-refractivity contribution in [2.75, 3.05) is 13.7 Å². The van der Waals surface area contributed by atoms with Crippen LogP contribution in [-0.4, -0.2) is 37.0 Å². The van der Waals surface area contributed by atoms with Crippen LogP contribution >= 0.6 is 0 Å². The maximum Gasteiger partial charge on any atom is 0.425 e. The number of hydrazine groups is 1. The topological polar surface area (TPSA) is 75.7 Å². The molecule has 0 fully saturated rings. The highest BCUT2D eigenvalue weighted by Crippen LogP contribution is 2.01. The summed E-state index contributed by atoms with van der Waals surface area (Å²) in [6.07, 6.45) is 3.50. The van der Waals surface area contributed by atoms with Crippen LogP contribution in [0.5, 0.6) is 0 Å². The number of hydrogen-bond donors (Lipinski definition) is 1. The van der Waals surface area contributed by atoms with Gasteiger partial charge in [0.15, 0.2) is 0 Å². The van der Waals surface area contributed by atoms with Gasteiger partial charge in [-0.15, -0.1) is 0 Å². The molecule has 0 spiro atoms. The first-order valence-electron chi connectivity index (χ1n) is 5.41. The molecule has 1 aromatic carbocycles. The van der Waals surface area contributed by atoms with Gasteiger partial charge in [-0.3, -0.25) is 9.59 Å². The van der Waals surface area contributed by atoms with Crippen LogP contribution in [0.2, 0.25) is 0 Å². The van der Waals surface area contributed by atoms with Crippen molar-refractivity contribution in [2.45, 2.75) is 0 Å². The first kappa shape index (κ1) is 14.4. The number of rotatable bonds is 4. The van der Waals surface area contributed by atoms with E-state index in [1.807, 2.05) is 30.3 Å². The van der Waals surface area contributed by atoms with Crippen LogP contribution in [0.1, 0.15) is 5.56 Å². The van der Waals surface area contributed by atoms with E-state index in [-0.39, 0.29) is 6.54 Å². The van der Waals surface area contributed by atoms with Crippen molar-refractivity contribution in [2.24, 2.45) is 0 Å². The second kappa shape index (κ2) is 7.65. The largest absolute Gasteiger partial charge is 0.452 e. The fraction of sp³-hybridized carbons (Fsp3) is 0.154. The Balaban J connectivity index is 2.69. The minimum Gasteiger partial charge on any atom is -0.452 e. The third kappa shape index (κ3) is 5.03.